The zero-order chi connectivity index (χ0) is 24.7. The number of nitriles is 1. The van der Waals surface area contributed by atoms with E-state index in [1.807, 2.05) is 10.3 Å². The summed E-state index contributed by atoms with van der Waals surface area (Å²) in [7, 11) is 3.35. The molecule has 2 aromatic rings. The second-order valence-electron chi connectivity index (χ2n) is 9.19. The van der Waals surface area contributed by atoms with Crippen LogP contribution in [0.2, 0.25) is 0 Å². The number of halogens is 3. The van der Waals surface area contributed by atoms with Crippen molar-refractivity contribution in [1.82, 2.24) is 9.80 Å². The van der Waals surface area contributed by atoms with Gasteiger partial charge < -0.3 is 14.7 Å². The third-order valence-electron chi connectivity index (χ3n) is 6.85. The van der Waals surface area contributed by atoms with Crippen LogP contribution in [0.3, 0.4) is 0 Å². The number of piperidine rings is 1. The van der Waals surface area contributed by atoms with Gasteiger partial charge in [0, 0.05) is 39.4 Å². The number of anilines is 1. The molecule has 180 valence electrons. The van der Waals surface area contributed by atoms with E-state index in [4.69, 9.17) is 5.26 Å². The highest BCUT2D eigenvalue weighted by Gasteiger charge is 2.50. The standard InChI is InChI=1S/C24H25F3N4O2S/c1-29(2)21(32)19-13-23(15-31(19)22(33)20-4-3-11-34-20)7-9-30(10-8-23)17-6-5-16(14-28)18(12-17)24(25,26)27/h3-6,11-12,19H,7-10,13,15H2,1-2H3. The zero-order valence-corrected chi connectivity index (χ0v) is 19.7. The van der Waals surface area contributed by atoms with Crippen LogP contribution in [0.5, 0.6) is 0 Å². The summed E-state index contributed by atoms with van der Waals surface area (Å²) in [5.74, 6) is -0.275. The van der Waals surface area contributed by atoms with E-state index in [1.165, 1.54) is 22.3 Å². The molecule has 1 aromatic heterocycles. The van der Waals surface area contributed by atoms with E-state index in [-0.39, 0.29) is 17.2 Å². The van der Waals surface area contributed by atoms with E-state index in [0.717, 1.165) is 6.07 Å². The first-order chi connectivity index (χ1) is 16.0. The minimum atomic E-state index is -4.61. The van der Waals surface area contributed by atoms with Gasteiger partial charge in [0.1, 0.15) is 6.04 Å². The molecule has 1 spiro atoms. The number of thiophene rings is 1. The van der Waals surface area contributed by atoms with Crippen molar-refractivity contribution in [2.75, 3.05) is 38.6 Å². The van der Waals surface area contributed by atoms with Gasteiger partial charge in [-0.25, -0.2) is 0 Å². The third-order valence-corrected chi connectivity index (χ3v) is 7.70. The highest BCUT2D eigenvalue weighted by atomic mass is 32.1. The maximum absolute atomic E-state index is 13.4. The van der Waals surface area contributed by atoms with Crippen LogP contribution in [0.25, 0.3) is 0 Å². The van der Waals surface area contributed by atoms with Crippen LogP contribution < -0.4 is 4.90 Å². The topological polar surface area (TPSA) is 67.7 Å². The van der Waals surface area contributed by atoms with Crippen molar-refractivity contribution >= 4 is 28.8 Å². The minimum absolute atomic E-state index is 0.119. The Morgan fingerprint density at radius 3 is 2.47 bits per heavy atom. The summed E-state index contributed by atoms with van der Waals surface area (Å²) in [5, 5.41) is 10.9. The fraction of sp³-hybridized carbons (Fsp3) is 0.458. The van der Waals surface area contributed by atoms with Gasteiger partial charge in [0.25, 0.3) is 5.91 Å². The Morgan fingerprint density at radius 1 is 1.21 bits per heavy atom. The molecule has 3 heterocycles. The lowest BCUT2D eigenvalue weighted by Crippen LogP contribution is -2.45. The number of carbonyl (C=O) groups is 2. The second-order valence-corrected chi connectivity index (χ2v) is 10.1. The maximum Gasteiger partial charge on any atom is 0.417 e. The Kier molecular flexibility index (Phi) is 6.34. The summed E-state index contributed by atoms with van der Waals surface area (Å²) in [6.45, 7) is 1.46. The van der Waals surface area contributed by atoms with Crippen LogP contribution in [0.1, 0.15) is 40.1 Å². The second kappa shape index (κ2) is 8.95. The molecule has 1 unspecified atom stereocenters. The molecule has 1 atom stereocenters. The Hall–Kier alpha value is -3.06. The Morgan fingerprint density at radius 2 is 1.91 bits per heavy atom. The van der Waals surface area contributed by atoms with Gasteiger partial charge in [0.2, 0.25) is 5.91 Å². The van der Waals surface area contributed by atoms with Crippen molar-refractivity contribution in [1.29, 1.82) is 5.26 Å². The molecule has 0 N–H and O–H groups in total. The normalized spacial score (nSPS) is 19.8. The Labute approximate surface area is 200 Å². The summed E-state index contributed by atoms with van der Waals surface area (Å²) in [6.07, 6.45) is -2.76. The molecule has 0 bridgehead atoms. The number of benzene rings is 1. The van der Waals surface area contributed by atoms with Crippen molar-refractivity contribution in [3.8, 4) is 6.07 Å². The Bertz CT molecular complexity index is 1120. The van der Waals surface area contributed by atoms with Crippen LogP contribution >= 0.6 is 11.3 Å². The number of hydrogen-bond acceptors (Lipinski definition) is 5. The molecule has 10 heteroatoms. The van der Waals surface area contributed by atoms with Gasteiger partial charge in [-0.2, -0.15) is 18.4 Å². The van der Waals surface area contributed by atoms with Crippen LogP contribution in [-0.4, -0.2) is 61.4 Å². The summed E-state index contributed by atoms with van der Waals surface area (Å²) in [5.41, 5.74) is -1.17. The molecule has 6 nitrogen and oxygen atoms in total. The number of rotatable bonds is 3. The fourth-order valence-electron chi connectivity index (χ4n) is 4.99. The van der Waals surface area contributed by atoms with Crippen LogP contribution in [0, 0.1) is 16.7 Å². The van der Waals surface area contributed by atoms with E-state index in [9.17, 15) is 22.8 Å². The molecular formula is C24H25F3N4O2S. The van der Waals surface area contributed by atoms with Crippen molar-refractivity contribution in [3.05, 3.63) is 51.7 Å². The molecule has 0 aliphatic carbocycles. The van der Waals surface area contributed by atoms with Crippen molar-refractivity contribution < 1.29 is 22.8 Å². The lowest BCUT2D eigenvalue weighted by Gasteiger charge is -2.40. The van der Waals surface area contributed by atoms with Gasteiger partial charge >= 0.3 is 6.18 Å². The SMILES string of the molecule is CN(C)C(=O)C1CC2(CCN(c3ccc(C#N)c(C(F)(F)F)c3)CC2)CN1C(=O)c1cccs1. The number of hydrogen-bond donors (Lipinski definition) is 0. The average molecular weight is 491 g/mol. The molecule has 2 aliphatic rings. The number of nitrogens with zero attached hydrogens (tertiary/aromatic N) is 4. The molecule has 2 amide bonds. The van der Waals surface area contributed by atoms with E-state index >= 15 is 0 Å². The highest BCUT2D eigenvalue weighted by Crippen LogP contribution is 2.45. The lowest BCUT2D eigenvalue weighted by atomic mass is 9.76. The lowest BCUT2D eigenvalue weighted by molar-refractivity contribution is -0.137. The molecule has 2 fully saturated rings. The average Bonchev–Trinajstić information content (AvgIpc) is 3.46. The summed E-state index contributed by atoms with van der Waals surface area (Å²) in [4.78, 5) is 31.7. The van der Waals surface area contributed by atoms with Crippen LogP contribution in [0.15, 0.2) is 35.7 Å². The highest BCUT2D eigenvalue weighted by molar-refractivity contribution is 7.12. The summed E-state index contributed by atoms with van der Waals surface area (Å²) >= 11 is 1.34. The summed E-state index contributed by atoms with van der Waals surface area (Å²) in [6, 6.07) is 8.41. The number of amides is 2. The monoisotopic (exact) mass is 490 g/mol. The number of carbonyl (C=O) groups excluding carboxylic acids is 2. The third kappa shape index (κ3) is 4.49. The van der Waals surface area contributed by atoms with E-state index in [1.54, 1.807) is 43.3 Å². The van der Waals surface area contributed by atoms with Crippen molar-refractivity contribution in [2.45, 2.75) is 31.5 Å². The molecule has 0 saturated carbocycles. The maximum atomic E-state index is 13.4. The number of alkyl halides is 3. The van der Waals surface area contributed by atoms with E-state index < -0.39 is 23.3 Å². The minimum Gasteiger partial charge on any atom is -0.371 e. The molecule has 1 aromatic carbocycles. The zero-order valence-electron chi connectivity index (χ0n) is 18.9. The van der Waals surface area contributed by atoms with E-state index in [0.29, 0.717) is 49.5 Å². The van der Waals surface area contributed by atoms with Gasteiger partial charge in [-0.1, -0.05) is 6.07 Å². The molecule has 34 heavy (non-hydrogen) atoms. The largest absolute Gasteiger partial charge is 0.417 e. The van der Waals surface area contributed by atoms with Gasteiger partial charge in [-0.05, 0) is 54.3 Å². The first-order valence-electron chi connectivity index (χ1n) is 11.0. The van der Waals surface area contributed by atoms with Crippen molar-refractivity contribution in [3.63, 3.8) is 0 Å². The quantitative estimate of drug-likeness (QED) is 0.646. The smallest absolute Gasteiger partial charge is 0.371 e. The molecule has 4 rings (SSSR count). The van der Waals surface area contributed by atoms with Crippen molar-refractivity contribution in [2.24, 2.45) is 5.41 Å². The molecular weight excluding hydrogens is 465 g/mol. The van der Waals surface area contributed by atoms with Crippen LogP contribution in [0.4, 0.5) is 18.9 Å². The summed E-state index contributed by atoms with van der Waals surface area (Å²) < 4.78 is 40.2. The van der Waals surface area contributed by atoms with Gasteiger partial charge in [0.05, 0.1) is 22.1 Å². The molecule has 2 aliphatic heterocycles. The molecule has 2 saturated heterocycles. The Balaban J connectivity index is 1.54. The van der Waals surface area contributed by atoms with Crippen LogP contribution in [-0.2, 0) is 11.0 Å². The van der Waals surface area contributed by atoms with Gasteiger partial charge in [-0.15, -0.1) is 11.3 Å². The first-order valence-corrected chi connectivity index (χ1v) is 11.8. The van der Waals surface area contributed by atoms with Gasteiger partial charge in [0.15, 0.2) is 0 Å². The predicted octanol–water partition coefficient (Wildman–Crippen LogP) is 4.23. The predicted molar refractivity (Wildman–Crippen MR) is 122 cm³/mol. The number of likely N-dealkylation sites (N-methyl/N-ethyl adjacent to an activating group) is 1. The van der Waals surface area contributed by atoms with Gasteiger partial charge in [-0.3, -0.25) is 9.59 Å². The first kappa shape index (κ1) is 24.1. The number of likely N-dealkylation sites (tertiary alicyclic amines) is 1. The fourth-order valence-corrected chi connectivity index (χ4v) is 5.67. The molecule has 0 radical (unpaired) electrons. The van der Waals surface area contributed by atoms with E-state index in [2.05, 4.69) is 0 Å².